The lowest BCUT2D eigenvalue weighted by atomic mass is 10.1. The number of ketones is 1. The van der Waals surface area contributed by atoms with Gasteiger partial charge >= 0.3 is 0 Å². The molecule has 2 aromatic rings. The van der Waals surface area contributed by atoms with Gasteiger partial charge in [-0.3, -0.25) is 4.79 Å². The molecule has 0 aliphatic rings. The lowest BCUT2D eigenvalue weighted by Gasteiger charge is -2.09. The van der Waals surface area contributed by atoms with Crippen molar-refractivity contribution in [2.24, 2.45) is 0 Å². The van der Waals surface area contributed by atoms with Gasteiger partial charge in [0, 0.05) is 10.5 Å². The van der Waals surface area contributed by atoms with Crippen LogP contribution in [0.5, 0.6) is 11.5 Å². The van der Waals surface area contributed by atoms with Gasteiger partial charge in [-0.2, -0.15) is 5.26 Å². The predicted octanol–water partition coefficient (Wildman–Crippen LogP) is 3.55. The quantitative estimate of drug-likeness (QED) is 0.603. The first-order chi connectivity index (χ1) is 10.7. The van der Waals surface area contributed by atoms with Crippen molar-refractivity contribution >= 4 is 17.5 Å². The number of thioether (sulfide) groups is 1. The second kappa shape index (κ2) is 7.53. The van der Waals surface area contributed by atoms with Crippen LogP contribution in [0.25, 0.3) is 0 Å². The van der Waals surface area contributed by atoms with Gasteiger partial charge in [-0.1, -0.05) is 18.2 Å². The molecule has 0 unspecified atom stereocenters. The number of hydrogen-bond acceptors (Lipinski definition) is 5. The standard InChI is InChI=1S/C17H15NO3S/c1-20-16-8-7-13(9-17(16)21-2)22-11-15(19)14-6-4-3-5-12(14)10-18/h3-9H,11H2,1-2H3. The summed E-state index contributed by atoms with van der Waals surface area (Å²) in [7, 11) is 3.15. The van der Waals surface area contributed by atoms with Crippen LogP contribution in [0.3, 0.4) is 0 Å². The lowest BCUT2D eigenvalue weighted by Crippen LogP contribution is -2.04. The maximum atomic E-state index is 12.2. The van der Waals surface area contributed by atoms with Gasteiger partial charge in [-0.05, 0) is 24.3 Å². The summed E-state index contributed by atoms with van der Waals surface area (Å²) in [5, 5.41) is 9.04. The molecule has 0 aromatic heterocycles. The number of benzene rings is 2. The van der Waals surface area contributed by atoms with E-state index in [2.05, 4.69) is 0 Å². The summed E-state index contributed by atoms with van der Waals surface area (Å²) in [6, 6.07) is 14.4. The molecule has 0 saturated heterocycles. The van der Waals surface area contributed by atoms with Crippen LogP contribution in [0.15, 0.2) is 47.4 Å². The summed E-state index contributed by atoms with van der Waals surface area (Å²) in [5.41, 5.74) is 0.860. The topological polar surface area (TPSA) is 59.3 Å². The minimum absolute atomic E-state index is 0.0723. The molecular formula is C17H15NO3S. The van der Waals surface area contributed by atoms with E-state index in [-0.39, 0.29) is 11.5 Å². The third kappa shape index (κ3) is 3.60. The van der Waals surface area contributed by atoms with Crippen LogP contribution in [0.2, 0.25) is 0 Å². The Morgan fingerprint density at radius 2 is 1.86 bits per heavy atom. The van der Waals surface area contributed by atoms with E-state index in [0.29, 0.717) is 22.6 Å². The fourth-order valence-electron chi connectivity index (χ4n) is 1.96. The monoisotopic (exact) mass is 313 g/mol. The smallest absolute Gasteiger partial charge is 0.174 e. The number of carbonyl (C=O) groups excluding carboxylic acids is 1. The van der Waals surface area contributed by atoms with Crippen molar-refractivity contribution in [3.05, 3.63) is 53.6 Å². The van der Waals surface area contributed by atoms with Gasteiger partial charge in [-0.25, -0.2) is 0 Å². The zero-order chi connectivity index (χ0) is 15.9. The number of methoxy groups -OCH3 is 2. The summed E-state index contributed by atoms with van der Waals surface area (Å²) < 4.78 is 10.4. The van der Waals surface area contributed by atoms with Crippen LogP contribution in [-0.2, 0) is 0 Å². The van der Waals surface area contributed by atoms with Crippen molar-refractivity contribution < 1.29 is 14.3 Å². The Hall–Kier alpha value is -2.45. The summed E-state index contributed by atoms with van der Waals surface area (Å²) in [5.74, 6) is 1.45. The van der Waals surface area contributed by atoms with Gasteiger partial charge < -0.3 is 9.47 Å². The molecule has 112 valence electrons. The minimum atomic E-state index is -0.0723. The second-order valence-electron chi connectivity index (χ2n) is 4.39. The average molecular weight is 313 g/mol. The SMILES string of the molecule is COc1ccc(SCC(=O)c2ccccc2C#N)cc1OC. The minimum Gasteiger partial charge on any atom is -0.493 e. The molecule has 5 heteroatoms. The van der Waals surface area contributed by atoms with Crippen LogP contribution in [0.4, 0.5) is 0 Å². The van der Waals surface area contributed by atoms with Crippen molar-refractivity contribution in [3.63, 3.8) is 0 Å². The molecule has 0 bridgehead atoms. The molecule has 0 spiro atoms. The Morgan fingerprint density at radius 1 is 1.14 bits per heavy atom. The first-order valence-corrected chi connectivity index (χ1v) is 7.55. The Balaban J connectivity index is 2.10. The lowest BCUT2D eigenvalue weighted by molar-refractivity contribution is 0.102. The molecule has 0 N–H and O–H groups in total. The van der Waals surface area contributed by atoms with Crippen LogP contribution in [-0.4, -0.2) is 25.8 Å². The molecule has 22 heavy (non-hydrogen) atoms. The van der Waals surface area contributed by atoms with Crippen LogP contribution < -0.4 is 9.47 Å². The van der Waals surface area contributed by atoms with Gasteiger partial charge in [0.15, 0.2) is 17.3 Å². The van der Waals surface area contributed by atoms with E-state index in [4.69, 9.17) is 14.7 Å². The van der Waals surface area contributed by atoms with E-state index in [9.17, 15) is 4.79 Å². The van der Waals surface area contributed by atoms with Crippen molar-refractivity contribution in [1.29, 1.82) is 5.26 Å². The zero-order valence-corrected chi connectivity index (χ0v) is 13.1. The molecule has 0 atom stereocenters. The van der Waals surface area contributed by atoms with Crippen molar-refractivity contribution in [2.75, 3.05) is 20.0 Å². The fraction of sp³-hybridized carbons (Fsp3) is 0.176. The first-order valence-electron chi connectivity index (χ1n) is 6.56. The highest BCUT2D eigenvalue weighted by Gasteiger charge is 2.12. The Labute approximate surface area is 133 Å². The van der Waals surface area contributed by atoms with Crippen molar-refractivity contribution in [1.82, 2.24) is 0 Å². The van der Waals surface area contributed by atoms with Gasteiger partial charge in [-0.15, -0.1) is 11.8 Å². The number of nitrogens with zero attached hydrogens (tertiary/aromatic N) is 1. The van der Waals surface area contributed by atoms with Gasteiger partial charge in [0.25, 0.3) is 0 Å². The molecule has 4 nitrogen and oxygen atoms in total. The Bertz CT molecular complexity index is 722. The Kier molecular flexibility index (Phi) is 5.45. The molecule has 0 radical (unpaired) electrons. The second-order valence-corrected chi connectivity index (χ2v) is 5.43. The number of ether oxygens (including phenoxy) is 2. The van der Waals surface area contributed by atoms with Crippen LogP contribution in [0.1, 0.15) is 15.9 Å². The maximum absolute atomic E-state index is 12.2. The maximum Gasteiger partial charge on any atom is 0.174 e. The van der Waals surface area contributed by atoms with Crippen LogP contribution in [0, 0.1) is 11.3 Å². The summed E-state index contributed by atoms with van der Waals surface area (Å²) >= 11 is 1.40. The highest BCUT2D eigenvalue weighted by Crippen LogP contribution is 2.32. The van der Waals surface area contributed by atoms with Crippen molar-refractivity contribution in [2.45, 2.75) is 4.90 Å². The van der Waals surface area contributed by atoms with Crippen molar-refractivity contribution in [3.8, 4) is 17.6 Å². The average Bonchev–Trinajstić information content (AvgIpc) is 2.59. The third-order valence-corrected chi connectivity index (χ3v) is 4.07. The summed E-state index contributed by atoms with van der Waals surface area (Å²) in [4.78, 5) is 13.2. The Morgan fingerprint density at radius 3 is 2.55 bits per heavy atom. The molecule has 0 saturated carbocycles. The van der Waals surface area contributed by atoms with E-state index in [0.717, 1.165) is 4.90 Å². The number of carbonyl (C=O) groups is 1. The molecule has 0 fully saturated rings. The van der Waals surface area contributed by atoms with Gasteiger partial charge in [0.2, 0.25) is 0 Å². The van der Waals surface area contributed by atoms with E-state index in [1.807, 2.05) is 18.2 Å². The number of hydrogen-bond donors (Lipinski definition) is 0. The largest absolute Gasteiger partial charge is 0.493 e. The molecule has 0 aliphatic heterocycles. The van der Waals surface area contributed by atoms with E-state index < -0.39 is 0 Å². The predicted molar refractivity (Wildman–Crippen MR) is 85.8 cm³/mol. The number of rotatable bonds is 6. The van der Waals surface area contributed by atoms with Gasteiger partial charge in [0.1, 0.15) is 0 Å². The zero-order valence-electron chi connectivity index (χ0n) is 12.3. The molecule has 0 heterocycles. The highest BCUT2D eigenvalue weighted by molar-refractivity contribution is 8.00. The highest BCUT2D eigenvalue weighted by atomic mass is 32.2. The fourth-order valence-corrected chi connectivity index (χ4v) is 2.76. The first kappa shape index (κ1) is 15.9. The van der Waals surface area contributed by atoms with E-state index in [1.54, 1.807) is 44.6 Å². The summed E-state index contributed by atoms with van der Waals surface area (Å²) in [6.45, 7) is 0. The third-order valence-electron chi connectivity index (χ3n) is 3.07. The molecule has 0 aliphatic carbocycles. The normalized spacial score (nSPS) is 9.86. The number of nitriles is 1. The molecule has 2 aromatic carbocycles. The van der Waals surface area contributed by atoms with E-state index in [1.165, 1.54) is 11.8 Å². The number of Topliss-reactive ketones (excluding diaryl/α,β-unsaturated/α-hetero) is 1. The van der Waals surface area contributed by atoms with E-state index >= 15 is 0 Å². The molecular weight excluding hydrogens is 298 g/mol. The van der Waals surface area contributed by atoms with Crippen LogP contribution >= 0.6 is 11.8 Å². The molecule has 2 rings (SSSR count). The van der Waals surface area contributed by atoms with Gasteiger partial charge in [0.05, 0.1) is 31.6 Å². The molecule has 0 amide bonds. The summed E-state index contributed by atoms with van der Waals surface area (Å²) in [6.07, 6.45) is 0.